The third-order valence-electron chi connectivity index (χ3n) is 3.88. The first-order valence-electron chi connectivity index (χ1n) is 7.30. The lowest BCUT2D eigenvalue weighted by Crippen LogP contribution is -2.37. The lowest BCUT2D eigenvalue weighted by Gasteiger charge is -2.27. The van der Waals surface area contributed by atoms with E-state index in [1.807, 2.05) is 46.8 Å². The van der Waals surface area contributed by atoms with Crippen LogP contribution in [0.15, 0.2) is 30.3 Å². The van der Waals surface area contributed by atoms with E-state index in [2.05, 4.69) is 4.98 Å². The topological polar surface area (TPSA) is 47.4 Å². The van der Waals surface area contributed by atoms with Crippen molar-refractivity contribution in [2.45, 2.75) is 19.4 Å². The van der Waals surface area contributed by atoms with Gasteiger partial charge in [-0.1, -0.05) is 18.2 Å². The van der Waals surface area contributed by atoms with Gasteiger partial charge in [0.05, 0.1) is 31.0 Å². The van der Waals surface area contributed by atoms with Crippen LogP contribution in [0, 0.1) is 0 Å². The average Bonchev–Trinajstić information content (AvgIpc) is 2.83. The molecule has 0 saturated heterocycles. The van der Waals surface area contributed by atoms with Crippen LogP contribution >= 0.6 is 11.6 Å². The number of carbonyl (C=O) groups is 1. The molecular formula is C16H18ClN3O2. The lowest BCUT2D eigenvalue weighted by molar-refractivity contribution is -0.132. The Morgan fingerprint density at radius 1 is 1.36 bits per heavy atom. The highest BCUT2D eigenvalue weighted by Crippen LogP contribution is 2.22. The van der Waals surface area contributed by atoms with Crippen molar-refractivity contribution in [2.24, 2.45) is 7.05 Å². The number of rotatable bonds is 4. The molecule has 0 spiro atoms. The van der Waals surface area contributed by atoms with Crippen molar-refractivity contribution in [3.8, 4) is 5.75 Å². The second kappa shape index (κ2) is 6.40. The van der Waals surface area contributed by atoms with Crippen molar-refractivity contribution in [3.63, 3.8) is 0 Å². The van der Waals surface area contributed by atoms with Crippen molar-refractivity contribution in [1.29, 1.82) is 0 Å². The van der Waals surface area contributed by atoms with Gasteiger partial charge in [0, 0.05) is 20.0 Å². The fraction of sp³-hybridized carbons (Fsp3) is 0.375. The summed E-state index contributed by atoms with van der Waals surface area (Å²) >= 11 is 6.03. The molecule has 2 heterocycles. The van der Waals surface area contributed by atoms with Crippen LogP contribution in [0.25, 0.3) is 0 Å². The number of fused-ring (bicyclic) bond motifs is 1. The number of amides is 1. The van der Waals surface area contributed by atoms with Crippen LogP contribution in [0.2, 0.25) is 5.28 Å². The maximum Gasteiger partial charge on any atom is 0.226 e. The number of para-hydroxylation sites is 1. The summed E-state index contributed by atoms with van der Waals surface area (Å²) in [6.45, 7) is 1.64. The molecule has 0 bridgehead atoms. The summed E-state index contributed by atoms with van der Waals surface area (Å²) in [5, 5.41) is 0.478. The summed E-state index contributed by atoms with van der Waals surface area (Å²) in [7, 11) is 1.88. The van der Waals surface area contributed by atoms with E-state index in [9.17, 15) is 4.79 Å². The third-order valence-corrected chi connectivity index (χ3v) is 4.22. The highest BCUT2D eigenvalue weighted by molar-refractivity contribution is 6.28. The van der Waals surface area contributed by atoms with Crippen LogP contribution in [0.1, 0.15) is 17.8 Å². The van der Waals surface area contributed by atoms with Gasteiger partial charge in [-0.3, -0.25) is 4.79 Å². The molecule has 0 radical (unpaired) electrons. The lowest BCUT2D eigenvalue weighted by atomic mass is 10.1. The van der Waals surface area contributed by atoms with Crippen LogP contribution in [-0.2, 0) is 24.8 Å². The fourth-order valence-electron chi connectivity index (χ4n) is 2.60. The highest BCUT2D eigenvalue weighted by atomic mass is 35.5. The van der Waals surface area contributed by atoms with Gasteiger partial charge in [-0.25, -0.2) is 4.98 Å². The fourth-order valence-corrected chi connectivity index (χ4v) is 2.80. The molecular weight excluding hydrogens is 302 g/mol. The van der Waals surface area contributed by atoms with E-state index in [1.165, 1.54) is 0 Å². The number of ether oxygens (including phenoxy) is 1. The zero-order valence-electron chi connectivity index (χ0n) is 12.5. The van der Waals surface area contributed by atoms with Crippen LogP contribution in [0.5, 0.6) is 5.75 Å². The standard InChI is InChI=1S/C16H18ClN3O2/c1-19-14-11-20(9-7-13(14)18-16(19)17)15(21)8-10-22-12-5-3-2-4-6-12/h2-6H,7-11H2,1H3. The van der Waals surface area contributed by atoms with Crippen molar-refractivity contribution >= 4 is 17.5 Å². The Labute approximate surface area is 134 Å². The largest absolute Gasteiger partial charge is 0.493 e. The average molecular weight is 320 g/mol. The van der Waals surface area contributed by atoms with E-state index in [4.69, 9.17) is 16.3 Å². The van der Waals surface area contributed by atoms with Gasteiger partial charge in [0.2, 0.25) is 11.2 Å². The Morgan fingerprint density at radius 3 is 2.91 bits per heavy atom. The van der Waals surface area contributed by atoms with E-state index in [0.717, 1.165) is 23.6 Å². The molecule has 0 aliphatic carbocycles. The van der Waals surface area contributed by atoms with Crippen molar-refractivity contribution in [3.05, 3.63) is 47.0 Å². The molecule has 1 aromatic heterocycles. The van der Waals surface area contributed by atoms with Gasteiger partial charge < -0.3 is 14.2 Å². The first-order valence-corrected chi connectivity index (χ1v) is 7.68. The van der Waals surface area contributed by atoms with E-state index in [-0.39, 0.29) is 5.91 Å². The Morgan fingerprint density at radius 2 is 2.14 bits per heavy atom. The Bertz CT molecular complexity index is 670. The molecule has 0 N–H and O–H groups in total. The predicted octanol–water partition coefficient (Wildman–Crippen LogP) is 2.43. The first-order chi connectivity index (χ1) is 10.6. The van der Waals surface area contributed by atoms with E-state index >= 15 is 0 Å². The normalized spacial score (nSPS) is 13.8. The molecule has 0 fully saturated rings. The van der Waals surface area contributed by atoms with Gasteiger partial charge in [0.25, 0.3) is 0 Å². The molecule has 5 nitrogen and oxygen atoms in total. The zero-order chi connectivity index (χ0) is 15.5. The summed E-state index contributed by atoms with van der Waals surface area (Å²) in [5.74, 6) is 0.883. The number of nitrogens with zero attached hydrogens (tertiary/aromatic N) is 3. The van der Waals surface area contributed by atoms with E-state index in [0.29, 0.717) is 31.4 Å². The smallest absolute Gasteiger partial charge is 0.226 e. The molecule has 1 aromatic carbocycles. The van der Waals surface area contributed by atoms with Gasteiger partial charge in [-0.05, 0) is 23.7 Å². The molecule has 0 unspecified atom stereocenters. The molecule has 0 saturated carbocycles. The second-order valence-electron chi connectivity index (χ2n) is 5.31. The molecule has 1 aliphatic heterocycles. The summed E-state index contributed by atoms with van der Waals surface area (Å²) < 4.78 is 7.42. The first kappa shape index (κ1) is 14.9. The van der Waals surface area contributed by atoms with Crippen molar-refractivity contribution < 1.29 is 9.53 Å². The Balaban J connectivity index is 1.54. The maximum absolute atomic E-state index is 12.3. The summed E-state index contributed by atoms with van der Waals surface area (Å²) in [4.78, 5) is 18.5. The van der Waals surface area contributed by atoms with Gasteiger partial charge in [-0.2, -0.15) is 0 Å². The minimum Gasteiger partial charge on any atom is -0.493 e. The number of hydrogen-bond acceptors (Lipinski definition) is 3. The quantitative estimate of drug-likeness (QED) is 0.869. The zero-order valence-corrected chi connectivity index (χ0v) is 13.2. The summed E-state index contributed by atoms with van der Waals surface area (Å²) in [6, 6.07) is 9.53. The van der Waals surface area contributed by atoms with E-state index in [1.54, 1.807) is 0 Å². The van der Waals surface area contributed by atoms with Gasteiger partial charge in [0.15, 0.2) is 0 Å². The van der Waals surface area contributed by atoms with Crippen LogP contribution in [-0.4, -0.2) is 33.5 Å². The molecule has 3 rings (SSSR count). The molecule has 1 amide bonds. The van der Waals surface area contributed by atoms with E-state index < -0.39 is 0 Å². The minimum atomic E-state index is 0.0962. The maximum atomic E-state index is 12.3. The number of imidazole rings is 1. The molecule has 0 atom stereocenters. The molecule has 22 heavy (non-hydrogen) atoms. The molecule has 116 valence electrons. The summed E-state index contributed by atoms with van der Waals surface area (Å²) in [6.07, 6.45) is 1.12. The van der Waals surface area contributed by atoms with Crippen LogP contribution in [0.4, 0.5) is 0 Å². The number of halogens is 1. The molecule has 6 heteroatoms. The van der Waals surface area contributed by atoms with Gasteiger partial charge in [0.1, 0.15) is 5.75 Å². The second-order valence-corrected chi connectivity index (χ2v) is 5.65. The molecule has 1 aliphatic rings. The number of hydrogen-bond donors (Lipinski definition) is 0. The SMILES string of the molecule is Cn1c(Cl)nc2c1CN(C(=O)CCOc1ccccc1)CC2. The summed E-state index contributed by atoms with van der Waals surface area (Å²) in [5.41, 5.74) is 2.02. The predicted molar refractivity (Wildman–Crippen MR) is 83.9 cm³/mol. The number of carbonyl (C=O) groups excluding carboxylic acids is 1. The monoisotopic (exact) mass is 319 g/mol. The third kappa shape index (κ3) is 3.09. The van der Waals surface area contributed by atoms with Crippen LogP contribution < -0.4 is 4.74 Å². The number of aromatic nitrogens is 2. The Kier molecular flexibility index (Phi) is 4.34. The minimum absolute atomic E-state index is 0.0962. The van der Waals surface area contributed by atoms with Crippen LogP contribution in [0.3, 0.4) is 0 Å². The number of benzene rings is 1. The van der Waals surface area contributed by atoms with Gasteiger partial charge in [-0.15, -0.1) is 0 Å². The molecule has 2 aromatic rings. The Hall–Kier alpha value is -2.01. The van der Waals surface area contributed by atoms with Gasteiger partial charge >= 0.3 is 0 Å². The van der Waals surface area contributed by atoms with Crippen molar-refractivity contribution in [2.75, 3.05) is 13.2 Å². The highest BCUT2D eigenvalue weighted by Gasteiger charge is 2.25. The van der Waals surface area contributed by atoms with Crippen molar-refractivity contribution in [1.82, 2.24) is 14.5 Å².